The molecule has 0 aliphatic heterocycles. The fraction of sp³-hybridized carbons (Fsp3) is 0.200. The minimum absolute atomic E-state index is 0.263. The molecule has 0 unspecified atom stereocenters. The highest BCUT2D eigenvalue weighted by atomic mass is 31.2. The maximum Gasteiger partial charge on any atom is 0.326 e. The zero-order valence-electron chi connectivity index (χ0n) is 8.83. The molecule has 1 amide bonds. The number of hydrogen-bond donors (Lipinski definition) is 3. The molecule has 1 aromatic rings. The molecule has 3 N–H and O–H groups in total. The van der Waals surface area contributed by atoms with E-state index < -0.39 is 19.7 Å². The molecule has 1 aromatic carbocycles. The molecule has 6 nitrogen and oxygen atoms in total. The van der Waals surface area contributed by atoms with Crippen LogP contribution in [0.5, 0.6) is 0 Å². The van der Waals surface area contributed by atoms with Crippen LogP contribution in [0.1, 0.15) is 12.0 Å². The zero-order chi connectivity index (χ0) is 12.9. The van der Waals surface area contributed by atoms with Gasteiger partial charge in [0.15, 0.2) is 0 Å². The second-order valence-electron chi connectivity index (χ2n) is 3.38. The van der Waals surface area contributed by atoms with Crippen molar-refractivity contribution in [3.63, 3.8) is 0 Å². The fourth-order valence-electron chi connectivity index (χ4n) is 1.14. The molecule has 0 aromatic heterocycles. The van der Waals surface area contributed by atoms with Crippen LogP contribution in [0.2, 0.25) is 0 Å². The first-order valence-electron chi connectivity index (χ1n) is 4.75. The normalized spacial score (nSPS) is 10.6. The van der Waals surface area contributed by atoms with Gasteiger partial charge in [-0.2, -0.15) is 5.26 Å². The van der Waals surface area contributed by atoms with Crippen LogP contribution in [0, 0.1) is 11.3 Å². The van der Waals surface area contributed by atoms with Crippen molar-refractivity contribution < 1.29 is 19.1 Å². The van der Waals surface area contributed by atoms with Gasteiger partial charge in [0.25, 0.3) is 0 Å². The predicted octanol–water partition coefficient (Wildman–Crippen LogP) is 1.06. The highest BCUT2D eigenvalue weighted by Crippen LogP contribution is 2.34. The Bertz CT molecular complexity index is 503. The lowest BCUT2D eigenvalue weighted by molar-refractivity contribution is -0.115. The molecule has 90 valence electrons. The predicted molar refractivity (Wildman–Crippen MR) is 61.3 cm³/mol. The molecular weight excluding hydrogens is 243 g/mol. The molecule has 0 saturated heterocycles. The van der Waals surface area contributed by atoms with E-state index >= 15 is 0 Å². The molecule has 0 aliphatic rings. The standard InChI is InChI=1S/C10H11N2O4P/c11-7-8-2-1-3-9(6-8)12-10(13)4-5-17(14,15)16/h1-3,6H,4-5H2,(H,12,13)(H2,14,15,16). The van der Waals surface area contributed by atoms with E-state index in [1.54, 1.807) is 18.2 Å². The maximum absolute atomic E-state index is 11.3. The van der Waals surface area contributed by atoms with Gasteiger partial charge >= 0.3 is 7.60 Å². The number of hydrogen-bond acceptors (Lipinski definition) is 3. The lowest BCUT2D eigenvalue weighted by Crippen LogP contribution is -2.13. The van der Waals surface area contributed by atoms with E-state index in [-0.39, 0.29) is 6.42 Å². The molecule has 0 saturated carbocycles. The SMILES string of the molecule is N#Cc1cccc(NC(=O)CCP(=O)(O)O)c1. The van der Waals surface area contributed by atoms with Crippen LogP contribution < -0.4 is 5.32 Å². The number of benzene rings is 1. The van der Waals surface area contributed by atoms with Crippen molar-refractivity contribution in [1.29, 1.82) is 5.26 Å². The van der Waals surface area contributed by atoms with Crippen LogP contribution >= 0.6 is 7.60 Å². The Morgan fingerprint density at radius 3 is 2.76 bits per heavy atom. The maximum atomic E-state index is 11.3. The Labute approximate surface area is 98.0 Å². The van der Waals surface area contributed by atoms with Gasteiger partial charge in [0.1, 0.15) is 0 Å². The topological polar surface area (TPSA) is 110 Å². The Morgan fingerprint density at radius 2 is 2.18 bits per heavy atom. The van der Waals surface area contributed by atoms with Crippen molar-refractivity contribution in [2.45, 2.75) is 6.42 Å². The highest BCUT2D eigenvalue weighted by molar-refractivity contribution is 7.51. The van der Waals surface area contributed by atoms with Gasteiger partial charge < -0.3 is 15.1 Å². The molecule has 0 bridgehead atoms. The molecule has 1 rings (SSSR count). The van der Waals surface area contributed by atoms with Crippen molar-refractivity contribution in [2.24, 2.45) is 0 Å². The van der Waals surface area contributed by atoms with E-state index in [9.17, 15) is 9.36 Å². The van der Waals surface area contributed by atoms with Gasteiger partial charge in [0.2, 0.25) is 5.91 Å². The Hall–Kier alpha value is -1.67. The van der Waals surface area contributed by atoms with Crippen LogP contribution in [0.25, 0.3) is 0 Å². The highest BCUT2D eigenvalue weighted by Gasteiger charge is 2.15. The van der Waals surface area contributed by atoms with Gasteiger partial charge in [0, 0.05) is 12.1 Å². The first kappa shape index (κ1) is 13.4. The summed E-state index contributed by atoms with van der Waals surface area (Å²) in [5, 5.41) is 11.1. The van der Waals surface area contributed by atoms with E-state index in [4.69, 9.17) is 15.0 Å². The van der Waals surface area contributed by atoms with Crippen molar-refractivity contribution in [3.8, 4) is 6.07 Å². The molecule has 0 atom stereocenters. The van der Waals surface area contributed by atoms with E-state index in [0.717, 1.165) is 0 Å². The quantitative estimate of drug-likeness (QED) is 0.696. The van der Waals surface area contributed by atoms with Crippen LogP contribution in [-0.2, 0) is 9.36 Å². The summed E-state index contributed by atoms with van der Waals surface area (Å²) in [5.41, 5.74) is 0.831. The number of amides is 1. The first-order valence-corrected chi connectivity index (χ1v) is 6.55. The Kier molecular flexibility index (Phi) is 4.41. The summed E-state index contributed by atoms with van der Waals surface area (Å²) >= 11 is 0. The van der Waals surface area contributed by atoms with Crippen molar-refractivity contribution >= 4 is 19.2 Å². The molecule has 0 fully saturated rings. The third kappa shape index (κ3) is 5.27. The van der Waals surface area contributed by atoms with Gasteiger partial charge in [-0.15, -0.1) is 0 Å². The summed E-state index contributed by atoms with van der Waals surface area (Å²) in [6, 6.07) is 8.19. The fourth-order valence-corrected chi connectivity index (χ4v) is 1.63. The minimum atomic E-state index is -4.15. The smallest absolute Gasteiger partial charge is 0.326 e. The van der Waals surface area contributed by atoms with Gasteiger partial charge in [-0.3, -0.25) is 9.36 Å². The van der Waals surface area contributed by atoms with E-state index in [0.29, 0.717) is 11.3 Å². The van der Waals surface area contributed by atoms with Crippen LogP contribution in [0.15, 0.2) is 24.3 Å². The van der Waals surface area contributed by atoms with E-state index in [1.807, 2.05) is 6.07 Å². The molecule has 7 heteroatoms. The van der Waals surface area contributed by atoms with E-state index in [1.165, 1.54) is 6.07 Å². The Balaban J connectivity index is 2.57. The van der Waals surface area contributed by atoms with Gasteiger partial charge in [-0.25, -0.2) is 0 Å². The van der Waals surface area contributed by atoms with Gasteiger partial charge in [0.05, 0.1) is 17.8 Å². The number of anilines is 1. The molecule has 0 spiro atoms. The lowest BCUT2D eigenvalue weighted by Gasteiger charge is -2.06. The lowest BCUT2D eigenvalue weighted by atomic mass is 10.2. The van der Waals surface area contributed by atoms with E-state index in [2.05, 4.69) is 5.32 Å². The summed E-state index contributed by atoms with van der Waals surface area (Å²) < 4.78 is 10.6. The van der Waals surface area contributed by atoms with Crippen molar-refractivity contribution in [2.75, 3.05) is 11.5 Å². The number of carbonyl (C=O) groups excluding carboxylic acids is 1. The molecule has 0 aliphatic carbocycles. The van der Waals surface area contributed by atoms with Gasteiger partial charge in [-0.05, 0) is 18.2 Å². The van der Waals surface area contributed by atoms with Crippen LogP contribution in [0.3, 0.4) is 0 Å². The van der Waals surface area contributed by atoms with Gasteiger partial charge in [-0.1, -0.05) is 6.07 Å². The monoisotopic (exact) mass is 254 g/mol. The largest absolute Gasteiger partial charge is 0.326 e. The average Bonchev–Trinajstić information content (AvgIpc) is 2.26. The number of nitrogens with zero attached hydrogens (tertiary/aromatic N) is 1. The number of nitriles is 1. The molecule has 0 heterocycles. The zero-order valence-corrected chi connectivity index (χ0v) is 9.72. The summed E-state index contributed by atoms with van der Waals surface area (Å²) in [5.74, 6) is -0.497. The molecule has 0 radical (unpaired) electrons. The number of nitrogens with one attached hydrogen (secondary N) is 1. The van der Waals surface area contributed by atoms with Crippen LogP contribution in [0.4, 0.5) is 5.69 Å². The van der Waals surface area contributed by atoms with Crippen molar-refractivity contribution in [1.82, 2.24) is 0 Å². The molecular formula is C10H11N2O4P. The third-order valence-electron chi connectivity index (χ3n) is 1.91. The van der Waals surface area contributed by atoms with Crippen LogP contribution in [-0.4, -0.2) is 21.9 Å². The molecule has 17 heavy (non-hydrogen) atoms. The second-order valence-corrected chi connectivity index (χ2v) is 5.16. The number of rotatable bonds is 4. The summed E-state index contributed by atoms with van der Waals surface area (Å²) in [4.78, 5) is 28.5. The van der Waals surface area contributed by atoms with Crippen molar-refractivity contribution in [3.05, 3.63) is 29.8 Å². The summed E-state index contributed by atoms with van der Waals surface area (Å²) in [7, 11) is -4.15. The first-order chi connectivity index (χ1) is 7.90. The minimum Gasteiger partial charge on any atom is -0.326 e. The summed E-state index contributed by atoms with van der Waals surface area (Å²) in [6.07, 6.45) is -0.752. The average molecular weight is 254 g/mol. The Morgan fingerprint density at radius 1 is 1.47 bits per heavy atom. The third-order valence-corrected chi connectivity index (χ3v) is 2.71. The number of carbonyl (C=O) groups is 1. The summed E-state index contributed by atoms with van der Waals surface area (Å²) in [6.45, 7) is 0. The second kappa shape index (κ2) is 5.60.